The zero-order valence-electron chi connectivity index (χ0n) is 11.4. The summed E-state index contributed by atoms with van der Waals surface area (Å²) < 4.78 is 24.3. The number of hydrogen-bond acceptors (Lipinski definition) is 3. The lowest BCUT2D eigenvalue weighted by molar-refractivity contribution is 0.282. The lowest BCUT2D eigenvalue weighted by Crippen LogP contribution is -2.48. The van der Waals surface area contributed by atoms with E-state index in [2.05, 4.69) is 12.2 Å². The van der Waals surface area contributed by atoms with E-state index in [0.717, 1.165) is 25.8 Å². The molecular formula is C13H27NO2S. The fourth-order valence-electron chi connectivity index (χ4n) is 2.99. The van der Waals surface area contributed by atoms with E-state index in [4.69, 9.17) is 0 Å². The topological polar surface area (TPSA) is 46.2 Å². The Morgan fingerprint density at radius 1 is 1.18 bits per heavy atom. The first-order chi connectivity index (χ1) is 8.05. The van der Waals surface area contributed by atoms with Crippen LogP contribution in [0.4, 0.5) is 0 Å². The van der Waals surface area contributed by atoms with E-state index in [-0.39, 0.29) is 17.0 Å². The standard InChI is InChI=1S/C13H27NO2S/c1-4-7-11-8-9-12(14-5-2)13(10-11)17(15,16)6-3/h11-14H,4-10H2,1-3H3. The van der Waals surface area contributed by atoms with Crippen molar-refractivity contribution in [3.63, 3.8) is 0 Å². The Balaban J connectivity index is 2.76. The van der Waals surface area contributed by atoms with E-state index in [0.29, 0.717) is 5.92 Å². The third kappa shape index (κ3) is 3.95. The van der Waals surface area contributed by atoms with Crippen molar-refractivity contribution in [2.75, 3.05) is 12.3 Å². The van der Waals surface area contributed by atoms with Gasteiger partial charge in [0.25, 0.3) is 0 Å². The highest BCUT2D eigenvalue weighted by molar-refractivity contribution is 7.92. The molecule has 3 nitrogen and oxygen atoms in total. The van der Waals surface area contributed by atoms with Crippen LogP contribution in [-0.2, 0) is 9.84 Å². The first-order valence-corrected chi connectivity index (χ1v) is 8.71. The molecule has 0 bridgehead atoms. The Labute approximate surface area is 106 Å². The molecule has 0 radical (unpaired) electrons. The summed E-state index contributed by atoms with van der Waals surface area (Å²) in [5.74, 6) is 0.888. The molecule has 0 heterocycles. The van der Waals surface area contributed by atoms with Gasteiger partial charge in [0.1, 0.15) is 0 Å². The molecule has 0 saturated heterocycles. The summed E-state index contributed by atoms with van der Waals surface area (Å²) in [4.78, 5) is 0. The van der Waals surface area contributed by atoms with Crippen LogP contribution >= 0.6 is 0 Å². The van der Waals surface area contributed by atoms with Crippen LogP contribution in [0, 0.1) is 5.92 Å². The molecule has 1 aliphatic rings. The van der Waals surface area contributed by atoms with Crippen LogP contribution in [0.1, 0.15) is 52.9 Å². The molecule has 1 fully saturated rings. The number of rotatable bonds is 6. The minimum absolute atomic E-state index is 0.155. The summed E-state index contributed by atoms with van der Waals surface area (Å²) in [7, 11) is -2.91. The minimum Gasteiger partial charge on any atom is -0.313 e. The van der Waals surface area contributed by atoms with Gasteiger partial charge in [0, 0.05) is 11.8 Å². The number of hydrogen-bond donors (Lipinski definition) is 1. The molecule has 0 aliphatic heterocycles. The third-order valence-corrected chi connectivity index (χ3v) is 6.18. The van der Waals surface area contributed by atoms with Gasteiger partial charge in [-0.25, -0.2) is 8.42 Å². The summed E-state index contributed by atoms with van der Waals surface area (Å²) in [6.07, 6.45) is 5.40. The summed E-state index contributed by atoms with van der Waals surface area (Å²) in [6, 6.07) is 0.179. The second kappa shape index (κ2) is 6.74. The number of sulfone groups is 1. The normalized spacial score (nSPS) is 30.4. The second-order valence-electron chi connectivity index (χ2n) is 5.12. The Morgan fingerprint density at radius 2 is 1.88 bits per heavy atom. The molecule has 17 heavy (non-hydrogen) atoms. The van der Waals surface area contributed by atoms with Gasteiger partial charge >= 0.3 is 0 Å². The summed E-state index contributed by atoms with van der Waals surface area (Å²) >= 11 is 0. The maximum Gasteiger partial charge on any atom is 0.154 e. The van der Waals surface area contributed by atoms with Gasteiger partial charge < -0.3 is 5.32 Å². The SMILES string of the molecule is CCCC1CCC(NCC)C(S(=O)(=O)CC)C1. The van der Waals surface area contributed by atoms with Gasteiger partial charge in [-0.2, -0.15) is 0 Å². The van der Waals surface area contributed by atoms with Crippen molar-refractivity contribution in [3.8, 4) is 0 Å². The maximum atomic E-state index is 12.1. The van der Waals surface area contributed by atoms with Crippen molar-refractivity contribution in [1.29, 1.82) is 0 Å². The first kappa shape index (κ1) is 15.0. The van der Waals surface area contributed by atoms with Crippen molar-refractivity contribution in [2.45, 2.75) is 64.2 Å². The molecule has 102 valence electrons. The van der Waals surface area contributed by atoms with Crippen molar-refractivity contribution in [1.82, 2.24) is 5.32 Å². The smallest absolute Gasteiger partial charge is 0.154 e. The molecule has 1 rings (SSSR count). The minimum atomic E-state index is -2.91. The van der Waals surface area contributed by atoms with Crippen molar-refractivity contribution in [2.24, 2.45) is 5.92 Å². The predicted octanol–water partition coefficient (Wildman–Crippen LogP) is 2.37. The fourth-order valence-corrected chi connectivity index (χ4v) is 4.72. The van der Waals surface area contributed by atoms with Gasteiger partial charge in [0.05, 0.1) is 5.25 Å². The molecule has 1 aliphatic carbocycles. The van der Waals surface area contributed by atoms with E-state index in [9.17, 15) is 8.42 Å². The van der Waals surface area contributed by atoms with Gasteiger partial charge in [-0.15, -0.1) is 0 Å². The molecule has 0 aromatic heterocycles. The average molecular weight is 261 g/mol. The van der Waals surface area contributed by atoms with Gasteiger partial charge in [-0.1, -0.05) is 33.6 Å². The molecule has 0 amide bonds. The zero-order chi connectivity index (χ0) is 12.9. The van der Waals surface area contributed by atoms with Gasteiger partial charge in [-0.3, -0.25) is 0 Å². The number of nitrogens with one attached hydrogen (secondary N) is 1. The fraction of sp³-hybridized carbons (Fsp3) is 1.00. The monoisotopic (exact) mass is 261 g/mol. The van der Waals surface area contributed by atoms with Crippen molar-refractivity contribution >= 4 is 9.84 Å². The van der Waals surface area contributed by atoms with Crippen molar-refractivity contribution in [3.05, 3.63) is 0 Å². The Kier molecular flexibility index (Phi) is 5.93. The Morgan fingerprint density at radius 3 is 2.41 bits per heavy atom. The zero-order valence-corrected chi connectivity index (χ0v) is 12.2. The third-order valence-electron chi connectivity index (χ3n) is 3.93. The van der Waals surface area contributed by atoms with Crippen molar-refractivity contribution < 1.29 is 8.42 Å². The Bertz CT molecular complexity index is 313. The van der Waals surface area contributed by atoms with Crippen LogP contribution in [0.5, 0.6) is 0 Å². The lowest BCUT2D eigenvalue weighted by atomic mass is 9.83. The molecule has 1 N–H and O–H groups in total. The molecule has 3 atom stereocenters. The first-order valence-electron chi connectivity index (χ1n) is 7.00. The highest BCUT2D eigenvalue weighted by atomic mass is 32.2. The largest absolute Gasteiger partial charge is 0.313 e. The van der Waals surface area contributed by atoms with E-state index < -0.39 is 9.84 Å². The highest BCUT2D eigenvalue weighted by Crippen LogP contribution is 2.32. The summed E-state index contributed by atoms with van der Waals surface area (Å²) in [6.45, 7) is 6.86. The molecular weight excluding hydrogens is 234 g/mol. The second-order valence-corrected chi connectivity index (χ2v) is 7.63. The van der Waals surface area contributed by atoms with Crippen LogP contribution in [0.25, 0.3) is 0 Å². The summed E-state index contributed by atoms with van der Waals surface area (Å²) in [5, 5.41) is 3.20. The van der Waals surface area contributed by atoms with Crippen LogP contribution in [0.3, 0.4) is 0 Å². The molecule has 0 aromatic carbocycles. The lowest BCUT2D eigenvalue weighted by Gasteiger charge is -2.36. The summed E-state index contributed by atoms with van der Waals surface area (Å²) in [5.41, 5.74) is 0. The van der Waals surface area contributed by atoms with E-state index in [1.807, 2.05) is 6.92 Å². The van der Waals surface area contributed by atoms with E-state index in [1.54, 1.807) is 6.92 Å². The predicted molar refractivity (Wildman–Crippen MR) is 73.0 cm³/mol. The van der Waals surface area contributed by atoms with Gasteiger partial charge in [-0.05, 0) is 31.7 Å². The Hall–Kier alpha value is -0.0900. The van der Waals surface area contributed by atoms with Crippen LogP contribution in [-0.4, -0.2) is 32.0 Å². The van der Waals surface area contributed by atoms with Gasteiger partial charge in [0.15, 0.2) is 9.84 Å². The van der Waals surface area contributed by atoms with Crippen LogP contribution in [0.2, 0.25) is 0 Å². The average Bonchev–Trinajstić information content (AvgIpc) is 2.31. The van der Waals surface area contributed by atoms with E-state index in [1.165, 1.54) is 12.8 Å². The quantitative estimate of drug-likeness (QED) is 0.798. The molecule has 4 heteroatoms. The highest BCUT2D eigenvalue weighted by Gasteiger charge is 2.37. The molecule has 1 saturated carbocycles. The van der Waals surface area contributed by atoms with E-state index >= 15 is 0 Å². The van der Waals surface area contributed by atoms with Crippen LogP contribution < -0.4 is 5.32 Å². The maximum absolute atomic E-state index is 12.1. The van der Waals surface area contributed by atoms with Crippen LogP contribution in [0.15, 0.2) is 0 Å². The van der Waals surface area contributed by atoms with Gasteiger partial charge in [0.2, 0.25) is 0 Å². The molecule has 0 aromatic rings. The molecule has 3 unspecified atom stereocenters. The molecule has 0 spiro atoms.